The van der Waals surface area contributed by atoms with E-state index in [0.717, 1.165) is 18.5 Å². The lowest BCUT2D eigenvalue weighted by molar-refractivity contribution is 0.0172. The van der Waals surface area contributed by atoms with Crippen molar-refractivity contribution in [3.8, 4) is 0 Å². The Morgan fingerprint density at radius 3 is 2.80 bits per heavy atom. The van der Waals surface area contributed by atoms with Gasteiger partial charge in [-0.1, -0.05) is 30.3 Å². The van der Waals surface area contributed by atoms with Gasteiger partial charge >= 0.3 is 0 Å². The highest BCUT2D eigenvalue weighted by molar-refractivity contribution is 5.43. The van der Waals surface area contributed by atoms with Crippen molar-refractivity contribution >= 4 is 5.65 Å². The Morgan fingerprint density at radius 2 is 2.00 bits per heavy atom. The molecule has 0 radical (unpaired) electrons. The van der Waals surface area contributed by atoms with Crippen LogP contribution in [0.2, 0.25) is 0 Å². The number of hydrogen-bond donors (Lipinski definition) is 0. The van der Waals surface area contributed by atoms with Crippen LogP contribution in [0, 0.1) is 0 Å². The first-order valence-electron chi connectivity index (χ1n) is 6.84. The van der Waals surface area contributed by atoms with Gasteiger partial charge in [0.25, 0.3) is 0 Å². The van der Waals surface area contributed by atoms with E-state index in [1.165, 1.54) is 11.1 Å². The second kappa shape index (κ2) is 4.42. The van der Waals surface area contributed by atoms with Gasteiger partial charge in [0, 0.05) is 6.20 Å². The van der Waals surface area contributed by atoms with Crippen LogP contribution >= 0.6 is 0 Å². The maximum atomic E-state index is 6.18. The van der Waals surface area contributed by atoms with Crippen LogP contribution in [0.25, 0.3) is 5.65 Å². The zero-order valence-electron chi connectivity index (χ0n) is 11.1. The first kappa shape index (κ1) is 11.6. The summed E-state index contributed by atoms with van der Waals surface area (Å²) in [5.41, 5.74) is 3.16. The summed E-state index contributed by atoms with van der Waals surface area (Å²) in [5, 5.41) is 8.01. The van der Waals surface area contributed by atoms with Gasteiger partial charge in [0.2, 0.25) is 0 Å². The molecule has 3 aromatic rings. The molecule has 4 nitrogen and oxygen atoms in total. The number of hydrogen-bond acceptors (Lipinski definition) is 3. The number of pyridine rings is 1. The van der Waals surface area contributed by atoms with Crippen LogP contribution in [0.3, 0.4) is 0 Å². The zero-order chi connectivity index (χ0) is 13.4. The fourth-order valence-electron chi connectivity index (χ4n) is 2.53. The Hall–Kier alpha value is -2.20. The number of fused-ring (bicyclic) bond motifs is 1. The van der Waals surface area contributed by atoms with E-state index in [0.29, 0.717) is 6.61 Å². The average molecular weight is 265 g/mol. The van der Waals surface area contributed by atoms with E-state index in [1.54, 1.807) is 6.33 Å². The summed E-state index contributed by atoms with van der Waals surface area (Å²) in [6.45, 7) is 0.651. The highest BCUT2D eigenvalue weighted by Crippen LogP contribution is 2.49. The van der Waals surface area contributed by atoms with Gasteiger partial charge in [0.15, 0.2) is 5.65 Å². The van der Waals surface area contributed by atoms with Crippen molar-refractivity contribution in [3.05, 3.63) is 66.1 Å². The summed E-state index contributed by atoms with van der Waals surface area (Å²) in [7, 11) is 0. The maximum Gasteiger partial charge on any atom is 0.160 e. The van der Waals surface area contributed by atoms with Gasteiger partial charge < -0.3 is 4.74 Å². The molecule has 1 aromatic carbocycles. The van der Waals surface area contributed by atoms with Crippen LogP contribution in [0.4, 0.5) is 0 Å². The second-order valence-corrected chi connectivity index (χ2v) is 5.28. The average Bonchev–Trinajstić information content (AvgIpc) is 3.15. The van der Waals surface area contributed by atoms with Gasteiger partial charge in [0.05, 0.1) is 12.2 Å². The molecule has 2 heterocycles. The third kappa shape index (κ3) is 1.98. The molecule has 0 aliphatic heterocycles. The van der Waals surface area contributed by atoms with Crippen LogP contribution in [-0.2, 0) is 16.9 Å². The van der Waals surface area contributed by atoms with Crippen molar-refractivity contribution in [1.82, 2.24) is 14.6 Å². The molecule has 20 heavy (non-hydrogen) atoms. The van der Waals surface area contributed by atoms with Crippen LogP contribution in [-0.4, -0.2) is 14.6 Å². The lowest BCUT2D eigenvalue weighted by atomic mass is 10.1. The molecule has 0 spiro atoms. The summed E-state index contributed by atoms with van der Waals surface area (Å²) in [5.74, 6) is 0. The molecule has 4 rings (SSSR count). The molecule has 1 aliphatic carbocycles. The Morgan fingerprint density at radius 1 is 1.15 bits per heavy atom. The molecule has 0 saturated heterocycles. The Labute approximate surface area is 117 Å². The molecule has 2 aromatic heterocycles. The highest BCUT2D eigenvalue weighted by Gasteiger charge is 2.45. The number of aromatic nitrogens is 3. The van der Waals surface area contributed by atoms with Gasteiger partial charge in [-0.25, -0.2) is 0 Å². The van der Waals surface area contributed by atoms with Crippen molar-refractivity contribution in [3.63, 3.8) is 0 Å². The molecule has 1 saturated carbocycles. The third-order valence-electron chi connectivity index (χ3n) is 3.89. The summed E-state index contributed by atoms with van der Waals surface area (Å²) < 4.78 is 8.09. The number of rotatable bonds is 4. The fourth-order valence-corrected chi connectivity index (χ4v) is 2.53. The van der Waals surface area contributed by atoms with Crippen molar-refractivity contribution in [2.45, 2.75) is 25.0 Å². The largest absolute Gasteiger partial charge is 0.366 e. The maximum absolute atomic E-state index is 6.18. The smallest absolute Gasteiger partial charge is 0.160 e. The van der Waals surface area contributed by atoms with Gasteiger partial charge in [-0.15, -0.1) is 10.2 Å². The number of ether oxygens (including phenoxy) is 1. The molecule has 0 N–H and O–H groups in total. The SMILES string of the molecule is c1ccc(COC2(c3ccn4cnnc4c3)CC2)cc1. The van der Waals surface area contributed by atoms with Crippen LogP contribution in [0.5, 0.6) is 0 Å². The van der Waals surface area contributed by atoms with E-state index in [4.69, 9.17) is 4.74 Å². The van der Waals surface area contributed by atoms with Crippen LogP contribution in [0.15, 0.2) is 55.0 Å². The quantitative estimate of drug-likeness (QED) is 0.728. The molecular formula is C16H15N3O. The summed E-state index contributed by atoms with van der Waals surface area (Å²) in [6, 6.07) is 14.5. The molecule has 0 atom stereocenters. The lowest BCUT2D eigenvalue weighted by Crippen LogP contribution is -2.12. The summed E-state index contributed by atoms with van der Waals surface area (Å²) >= 11 is 0. The zero-order valence-corrected chi connectivity index (χ0v) is 11.1. The minimum atomic E-state index is -0.121. The number of nitrogens with zero attached hydrogens (tertiary/aromatic N) is 3. The minimum absolute atomic E-state index is 0.121. The van der Waals surface area contributed by atoms with Crippen molar-refractivity contribution in [2.75, 3.05) is 0 Å². The molecular weight excluding hydrogens is 250 g/mol. The van der Waals surface area contributed by atoms with E-state index in [1.807, 2.05) is 28.8 Å². The van der Waals surface area contributed by atoms with Crippen LogP contribution < -0.4 is 0 Å². The van der Waals surface area contributed by atoms with E-state index in [2.05, 4.69) is 34.5 Å². The molecule has 1 fully saturated rings. The van der Waals surface area contributed by atoms with Crippen molar-refractivity contribution in [1.29, 1.82) is 0 Å². The molecule has 0 amide bonds. The number of benzene rings is 1. The summed E-state index contributed by atoms with van der Waals surface area (Å²) in [6.07, 6.45) is 5.86. The molecule has 0 bridgehead atoms. The van der Waals surface area contributed by atoms with Crippen molar-refractivity contribution < 1.29 is 4.74 Å². The van der Waals surface area contributed by atoms with E-state index in [9.17, 15) is 0 Å². The van der Waals surface area contributed by atoms with E-state index < -0.39 is 0 Å². The molecule has 0 unspecified atom stereocenters. The standard InChI is InChI=1S/C16H15N3O/c1-2-4-13(5-3-1)11-20-16(7-8-16)14-6-9-19-12-17-18-15(19)10-14/h1-6,9-10,12H,7-8,11H2. The molecule has 1 aliphatic rings. The minimum Gasteiger partial charge on any atom is -0.366 e. The second-order valence-electron chi connectivity index (χ2n) is 5.28. The predicted octanol–water partition coefficient (Wildman–Crippen LogP) is 2.94. The predicted molar refractivity (Wildman–Crippen MR) is 75.1 cm³/mol. The Kier molecular flexibility index (Phi) is 2.57. The molecule has 100 valence electrons. The lowest BCUT2D eigenvalue weighted by Gasteiger charge is -2.17. The normalized spacial score (nSPS) is 16.4. The van der Waals surface area contributed by atoms with Gasteiger partial charge in [0.1, 0.15) is 6.33 Å². The van der Waals surface area contributed by atoms with E-state index >= 15 is 0 Å². The van der Waals surface area contributed by atoms with Crippen LogP contribution in [0.1, 0.15) is 24.0 Å². The monoisotopic (exact) mass is 265 g/mol. The topological polar surface area (TPSA) is 39.4 Å². The first-order chi connectivity index (χ1) is 9.86. The third-order valence-corrected chi connectivity index (χ3v) is 3.89. The molecule has 4 heteroatoms. The highest BCUT2D eigenvalue weighted by atomic mass is 16.5. The van der Waals surface area contributed by atoms with Gasteiger partial charge in [-0.2, -0.15) is 0 Å². The fraction of sp³-hybridized carbons (Fsp3) is 0.250. The van der Waals surface area contributed by atoms with Crippen molar-refractivity contribution in [2.24, 2.45) is 0 Å². The Balaban J connectivity index is 1.57. The van der Waals surface area contributed by atoms with E-state index in [-0.39, 0.29) is 5.60 Å². The van der Waals surface area contributed by atoms with Gasteiger partial charge in [-0.05, 0) is 36.1 Å². The first-order valence-corrected chi connectivity index (χ1v) is 6.84. The van der Waals surface area contributed by atoms with Gasteiger partial charge in [-0.3, -0.25) is 4.40 Å². The Bertz CT molecular complexity index is 732. The summed E-state index contributed by atoms with van der Waals surface area (Å²) in [4.78, 5) is 0.